The monoisotopic (exact) mass is 387 g/mol. The topological polar surface area (TPSA) is 83.4 Å². The molecule has 0 aliphatic rings. The normalized spacial score (nSPS) is 9.97. The van der Waals surface area contributed by atoms with Gasteiger partial charge in [0, 0.05) is 11.4 Å². The molecule has 0 bridgehead atoms. The first-order valence-corrected chi connectivity index (χ1v) is 9.00. The van der Waals surface area contributed by atoms with Crippen LogP contribution in [0.5, 0.6) is 11.5 Å². The van der Waals surface area contributed by atoms with E-state index in [1.165, 1.54) is 0 Å². The summed E-state index contributed by atoms with van der Waals surface area (Å²) in [6.07, 6.45) is 0.218. The van der Waals surface area contributed by atoms with Crippen molar-refractivity contribution in [3.05, 3.63) is 77.9 Å². The van der Waals surface area contributed by atoms with Crippen LogP contribution in [-0.2, 0) is 11.2 Å². The first-order chi connectivity index (χ1) is 14.1. The second kappa shape index (κ2) is 9.29. The molecule has 2 N–H and O–H groups in total. The number of methoxy groups -OCH3 is 2. The van der Waals surface area contributed by atoms with Crippen LogP contribution < -0.4 is 20.1 Å². The lowest BCUT2D eigenvalue weighted by Gasteiger charge is -2.11. The van der Waals surface area contributed by atoms with Crippen molar-refractivity contribution in [1.82, 2.24) is 0 Å². The molecule has 0 fully saturated rings. The minimum atomic E-state index is -0.132. The molecule has 1 amide bonds. The molecule has 6 nitrogen and oxygen atoms in total. The van der Waals surface area contributed by atoms with Crippen LogP contribution in [-0.4, -0.2) is 20.1 Å². The van der Waals surface area contributed by atoms with Gasteiger partial charge in [0.05, 0.1) is 31.9 Å². The van der Waals surface area contributed by atoms with E-state index in [0.717, 1.165) is 16.9 Å². The lowest BCUT2D eigenvalue weighted by atomic mass is 10.1. The minimum Gasteiger partial charge on any atom is -0.493 e. The Labute approximate surface area is 169 Å². The lowest BCUT2D eigenvalue weighted by molar-refractivity contribution is -0.115. The maximum atomic E-state index is 12.4. The van der Waals surface area contributed by atoms with Crippen molar-refractivity contribution in [2.75, 3.05) is 24.9 Å². The number of rotatable bonds is 7. The van der Waals surface area contributed by atoms with Gasteiger partial charge in [-0.3, -0.25) is 4.79 Å². The van der Waals surface area contributed by atoms with Crippen LogP contribution in [0.15, 0.2) is 66.7 Å². The van der Waals surface area contributed by atoms with Crippen LogP contribution in [0.25, 0.3) is 0 Å². The first kappa shape index (κ1) is 19.8. The Kier molecular flexibility index (Phi) is 6.33. The number of nitrogens with zero attached hydrogens (tertiary/aromatic N) is 1. The summed E-state index contributed by atoms with van der Waals surface area (Å²) in [6, 6.07) is 22.2. The minimum absolute atomic E-state index is 0.132. The highest BCUT2D eigenvalue weighted by molar-refractivity contribution is 5.92. The van der Waals surface area contributed by atoms with E-state index in [-0.39, 0.29) is 12.3 Å². The largest absolute Gasteiger partial charge is 0.493 e. The van der Waals surface area contributed by atoms with Gasteiger partial charge in [-0.1, -0.05) is 18.2 Å². The summed E-state index contributed by atoms with van der Waals surface area (Å²) in [6.45, 7) is 0. The molecule has 29 heavy (non-hydrogen) atoms. The summed E-state index contributed by atoms with van der Waals surface area (Å²) in [5.41, 5.74) is 3.65. The van der Waals surface area contributed by atoms with Crippen molar-refractivity contribution in [3.8, 4) is 17.6 Å². The molecule has 0 spiro atoms. The Morgan fingerprint density at radius 1 is 0.931 bits per heavy atom. The smallest absolute Gasteiger partial charge is 0.228 e. The fourth-order valence-corrected chi connectivity index (χ4v) is 2.86. The van der Waals surface area contributed by atoms with E-state index in [1.807, 2.05) is 48.5 Å². The van der Waals surface area contributed by atoms with Crippen LogP contribution in [0, 0.1) is 11.3 Å². The number of amides is 1. The summed E-state index contributed by atoms with van der Waals surface area (Å²) in [5.74, 6) is 1.08. The lowest BCUT2D eigenvalue weighted by Crippen LogP contribution is -2.14. The summed E-state index contributed by atoms with van der Waals surface area (Å²) in [7, 11) is 3.13. The highest BCUT2D eigenvalue weighted by Gasteiger charge is 2.09. The average molecular weight is 387 g/mol. The number of nitrogens with one attached hydrogen (secondary N) is 2. The summed E-state index contributed by atoms with van der Waals surface area (Å²) in [4.78, 5) is 12.4. The quantitative estimate of drug-likeness (QED) is 0.624. The SMILES string of the molecule is COc1ccc(CC(=O)Nc2ccc(Nc3ccccc3C#N)cc2)cc1OC. The number of benzene rings is 3. The highest BCUT2D eigenvalue weighted by atomic mass is 16.5. The van der Waals surface area contributed by atoms with Crippen LogP contribution in [0.3, 0.4) is 0 Å². The summed E-state index contributed by atoms with van der Waals surface area (Å²) < 4.78 is 10.5. The third-order valence-electron chi connectivity index (χ3n) is 4.31. The molecule has 0 aromatic heterocycles. The number of ether oxygens (including phenoxy) is 2. The second-order valence-electron chi connectivity index (χ2n) is 6.27. The van der Waals surface area contributed by atoms with E-state index in [9.17, 15) is 10.1 Å². The van der Waals surface area contributed by atoms with Gasteiger partial charge in [-0.15, -0.1) is 0 Å². The number of carbonyl (C=O) groups excluding carboxylic acids is 1. The Hall–Kier alpha value is -3.98. The number of nitriles is 1. The van der Waals surface area contributed by atoms with Crippen LogP contribution in [0.4, 0.5) is 17.1 Å². The predicted molar refractivity (Wildman–Crippen MR) is 113 cm³/mol. The zero-order valence-corrected chi connectivity index (χ0v) is 16.2. The molecule has 0 aliphatic carbocycles. The molecule has 0 saturated heterocycles. The van der Waals surface area contributed by atoms with Gasteiger partial charge < -0.3 is 20.1 Å². The standard InChI is InChI=1S/C23H21N3O3/c1-28-21-12-7-16(13-22(21)29-2)14-23(27)26-19-10-8-18(9-11-19)25-20-6-4-3-5-17(20)15-24/h3-13,25H,14H2,1-2H3,(H,26,27). The average Bonchev–Trinajstić information content (AvgIpc) is 2.75. The molecule has 0 radical (unpaired) electrons. The number of carbonyl (C=O) groups is 1. The third kappa shape index (κ3) is 5.05. The van der Waals surface area contributed by atoms with Gasteiger partial charge >= 0.3 is 0 Å². The number of hydrogen-bond acceptors (Lipinski definition) is 5. The predicted octanol–water partition coefficient (Wildman–Crippen LogP) is 4.50. The molecule has 0 unspecified atom stereocenters. The Morgan fingerprint density at radius 3 is 2.31 bits per heavy atom. The van der Waals surface area contributed by atoms with Gasteiger partial charge in [0.2, 0.25) is 5.91 Å². The fraction of sp³-hybridized carbons (Fsp3) is 0.130. The first-order valence-electron chi connectivity index (χ1n) is 9.00. The van der Waals surface area contributed by atoms with Gasteiger partial charge in [0.15, 0.2) is 11.5 Å². The van der Waals surface area contributed by atoms with Gasteiger partial charge in [-0.05, 0) is 54.1 Å². The van der Waals surface area contributed by atoms with Gasteiger partial charge in [0.1, 0.15) is 6.07 Å². The van der Waals surface area contributed by atoms with E-state index in [1.54, 1.807) is 32.4 Å². The Balaban J connectivity index is 1.62. The Morgan fingerprint density at radius 2 is 1.62 bits per heavy atom. The molecule has 0 saturated carbocycles. The van der Waals surface area contributed by atoms with Crippen molar-refractivity contribution < 1.29 is 14.3 Å². The van der Waals surface area contributed by atoms with Gasteiger partial charge in [-0.2, -0.15) is 5.26 Å². The highest BCUT2D eigenvalue weighted by Crippen LogP contribution is 2.28. The van der Waals surface area contributed by atoms with Crippen LogP contribution in [0.2, 0.25) is 0 Å². The number of para-hydroxylation sites is 1. The van der Waals surface area contributed by atoms with Crippen LogP contribution >= 0.6 is 0 Å². The van der Waals surface area contributed by atoms with Crippen molar-refractivity contribution in [2.24, 2.45) is 0 Å². The van der Waals surface area contributed by atoms with Crippen molar-refractivity contribution in [3.63, 3.8) is 0 Å². The zero-order chi connectivity index (χ0) is 20.6. The van der Waals surface area contributed by atoms with E-state index < -0.39 is 0 Å². The molecule has 146 valence electrons. The van der Waals surface area contributed by atoms with Crippen molar-refractivity contribution >= 4 is 23.0 Å². The maximum Gasteiger partial charge on any atom is 0.228 e. The molecule has 3 aromatic carbocycles. The second-order valence-corrected chi connectivity index (χ2v) is 6.27. The van der Waals surface area contributed by atoms with Crippen molar-refractivity contribution in [1.29, 1.82) is 5.26 Å². The molecule has 0 aliphatic heterocycles. The van der Waals surface area contributed by atoms with E-state index in [2.05, 4.69) is 16.7 Å². The molecule has 3 rings (SSSR count). The summed E-state index contributed by atoms with van der Waals surface area (Å²) in [5, 5.41) is 15.3. The van der Waals surface area contributed by atoms with E-state index in [0.29, 0.717) is 22.7 Å². The zero-order valence-electron chi connectivity index (χ0n) is 16.2. The van der Waals surface area contributed by atoms with Gasteiger partial charge in [0.25, 0.3) is 0 Å². The fourth-order valence-electron chi connectivity index (χ4n) is 2.86. The molecular weight excluding hydrogens is 366 g/mol. The molecule has 0 heterocycles. The van der Waals surface area contributed by atoms with Crippen LogP contribution in [0.1, 0.15) is 11.1 Å². The van der Waals surface area contributed by atoms with E-state index >= 15 is 0 Å². The summed E-state index contributed by atoms with van der Waals surface area (Å²) >= 11 is 0. The molecule has 6 heteroatoms. The molecular formula is C23H21N3O3. The number of anilines is 3. The maximum absolute atomic E-state index is 12.4. The Bertz CT molecular complexity index is 1040. The molecule has 3 aromatic rings. The molecule has 0 atom stereocenters. The third-order valence-corrected chi connectivity index (χ3v) is 4.31. The van der Waals surface area contributed by atoms with Gasteiger partial charge in [-0.25, -0.2) is 0 Å². The van der Waals surface area contributed by atoms with Crippen molar-refractivity contribution in [2.45, 2.75) is 6.42 Å². The van der Waals surface area contributed by atoms with E-state index in [4.69, 9.17) is 9.47 Å². The number of hydrogen-bond donors (Lipinski definition) is 2.